The number of nitrogens with two attached hydrogens (primary N) is 1. The molecule has 0 aliphatic heterocycles. The molecule has 66 heavy (non-hydrogen) atoms. The maximum Gasteiger partial charge on any atom is 0.417 e. The van der Waals surface area contributed by atoms with Gasteiger partial charge in [0, 0.05) is 71.5 Å². The molecule has 1 aliphatic carbocycles. The minimum absolute atomic E-state index is 0.181. The van der Waals surface area contributed by atoms with Crippen molar-refractivity contribution in [2.24, 2.45) is 5.73 Å². The van der Waals surface area contributed by atoms with E-state index in [-0.39, 0.29) is 12.1 Å². The zero-order valence-corrected chi connectivity index (χ0v) is 36.5. The van der Waals surface area contributed by atoms with Crippen molar-refractivity contribution in [1.82, 2.24) is 45.0 Å². The Kier molecular flexibility index (Phi) is 11.7. The third-order valence-corrected chi connectivity index (χ3v) is 11.5. The molecule has 0 atom stereocenters. The van der Waals surface area contributed by atoms with Gasteiger partial charge in [0.15, 0.2) is 0 Å². The minimum Gasteiger partial charge on any atom is -0.350 e. The summed E-state index contributed by atoms with van der Waals surface area (Å²) in [5, 5.41) is 16.7. The molecule has 0 radical (unpaired) electrons. The van der Waals surface area contributed by atoms with Crippen LogP contribution < -0.4 is 16.4 Å². The zero-order chi connectivity index (χ0) is 46.3. The second-order valence-electron chi connectivity index (χ2n) is 15.6. The summed E-state index contributed by atoms with van der Waals surface area (Å²) in [4.78, 5) is 37.8. The maximum absolute atomic E-state index is 13.0. The van der Waals surface area contributed by atoms with Crippen molar-refractivity contribution in [3.8, 4) is 34.4 Å². The summed E-state index contributed by atoms with van der Waals surface area (Å²) >= 11 is 12.4. The molecule has 1 aliphatic rings. The van der Waals surface area contributed by atoms with Crippen molar-refractivity contribution < 1.29 is 31.8 Å². The number of benzene rings is 4. The molecule has 0 bridgehead atoms. The van der Waals surface area contributed by atoms with Crippen molar-refractivity contribution in [2.45, 2.75) is 51.5 Å². The van der Waals surface area contributed by atoms with E-state index in [9.17, 15) is 22.8 Å². The molecule has 1 saturated carbocycles. The van der Waals surface area contributed by atoms with Gasteiger partial charge in [-0.05, 0) is 103 Å². The van der Waals surface area contributed by atoms with Crippen LogP contribution in [0, 0.1) is 13.8 Å². The van der Waals surface area contributed by atoms with Gasteiger partial charge in [-0.1, -0.05) is 57.8 Å². The van der Waals surface area contributed by atoms with Gasteiger partial charge in [-0.15, -0.1) is 0 Å². The van der Waals surface area contributed by atoms with E-state index in [0.29, 0.717) is 70.8 Å². The summed E-state index contributed by atoms with van der Waals surface area (Å²) in [5.74, 6) is 0.721. The molecule has 19 heteroatoms. The number of alkyl halides is 3. The lowest BCUT2D eigenvalue weighted by atomic mass is 10.1. The number of amides is 2. The number of pyridine rings is 1. The zero-order valence-electron chi connectivity index (χ0n) is 35.0. The molecule has 1 fully saturated rings. The Bertz CT molecular complexity index is 3260. The summed E-state index contributed by atoms with van der Waals surface area (Å²) in [6.45, 7) is 4.18. The molecule has 5 heterocycles. The third kappa shape index (κ3) is 9.00. The first-order chi connectivity index (χ1) is 31.7. The molecule has 334 valence electrons. The average Bonchev–Trinajstić information content (AvgIpc) is 3.63. The molecule has 10 rings (SSSR count). The number of hydrogen-bond donors (Lipinski definition) is 3. The van der Waals surface area contributed by atoms with Gasteiger partial charge in [-0.25, -0.2) is 0 Å². The van der Waals surface area contributed by atoms with Crippen LogP contribution in [-0.4, -0.2) is 51.8 Å². The Hall–Kier alpha value is -7.34. The first-order valence-electron chi connectivity index (χ1n) is 20.4. The predicted octanol–water partition coefficient (Wildman–Crippen LogP) is 9.74. The SMILES string of the molecule is Cc1nc(-c2cc3cc(Cl)ccc3n2-c2ccc(CN)cc2)no1.Cc1nc(-c2cc3cc(Cl)ccc3n2-c2ccc(CNC(=O)C3(NC(=O)c4cncc(C(F)(F)F)c4)CC3)cc2)no1. The highest BCUT2D eigenvalue weighted by Crippen LogP contribution is 2.37. The number of aromatic nitrogens is 7. The van der Waals surface area contributed by atoms with Crippen LogP contribution in [0.5, 0.6) is 0 Å². The van der Waals surface area contributed by atoms with Crippen molar-refractivity contribution >= 4 is 56.8 Å². The highest BCUT2D eigenvalue weighted by molar-refractivity contribution is 6.31. The number of nitrogens with one attached hydrogen (secondary N) is 2. The highest BCUT2D eigenvalue weighted by Gasteiger charge is 2.51. The van der Waals surface area contributed by atoms with Gasteiger partial charge >= 0.3 is 6.18 Å². The first-order valence-corrected chi connectivity index (χ1v) is 21.2. The third-order valence-electron chi connectivity index (χ3n) is 11.0. The minimum atomic E-state index is -4.64. The number of nitrogens with zero attached hydrogens (tertiary/aromatic N) is 7. The fourth-order valence-corrected chi connectivity index (χ4v) is 7.86. The Labute approximate surface area is 383 Å². The van der Waals surface area contributed by atoms with Crippen LogP contribution in [0.3, 0.4) is 0 Å². The van der Waals surface area contributed by atoms with Crippen LogP contribution in [0.4, 0.5) is 13.2 Å². The van der Waals surface area contributed by atoms with Crippen LogP contribution in [0.2, 0.25) is 10.0 Å². The number of fused-ring (bicyclic) bond motifs is 2. The fraction of sp³-hybridized carbons (Fsp3) is 0.170. The van der Waals surface area contributed by atoms with Crippen molar-refractivity contribution in [3.05, 3.63) is 160 Å². The van der Waals surface area contributed by atoms with Crippen LogP contribution in [-0.2, 0) is 24.1 Å². The van der Waals surface area contributed by atoms with Crippen LogP contribution in [0.15, 0.2) is 125 Å². The lowest BCUT2D eigenvalue weighted by Gasteiger charge is -2.18. The van der Waals surface area contributed by atoms with E-state index < -0.39 is 29.1 Å². The van der Waals surface area contributed by atoms with E-state index in [4.69, 9.17) is 38.0 Å². The van der Waals surface area contributed by atoms with Crippen LogP contribution in [0.1, 0.15) is 51.7 Å². The van der Waals surface area contributed by atoms with Gasteiger partial charge in [0.1, 0.15) is 5.54 Å². The Morgan fingerprint density at radius 3 is 1.70 bits per heavy atom. The van der Waals surface area contributed by atoms with Gasteiger partial charge in [0.05, 0.1) is 33.5 Å². The van der Waals surface area contributed by atoms with E-state index in [2.05, 4.69) is 40.5 Å². The van der Waals surface area contributed by atoms with Gasteiger partial charge in [-0.3, -0.25) is 14.6 Å². The number of hydrogen-bond acceptors (Lipinski definition) is 10. The van der Waals surface area contributed by atoms with E-state index in [0.717, 1.165) is 56.2 Å². The van der Waals surface area contributed by atoms with E-state index in [1.165, 1.54) is 0 Å². The van der Waals surface area contributed by atoms with Gasteiger partial charge < -0.3 is 34.5 Å². The topological polar surface area (TPSA) is 185 Å². The highest BCUT2D eigenvalue weighted by atomic mass is 35.5. The monoisotopic (exact) mass is 932 g/mol. The van der Waals surface area contributed by atoms with Gasteiger partial charge in [-0.2, -0.15) is 23.1 Å². The largest absolute Gasteiger partial charge is 0.417 e. The lowest BCUT2D eigenvalue weighted by molar-refractivity contribution is -0.137. The standard InChI is InChI=1S/C29H22ClF3N6O3.C18H15ClN4O/c1-16-36-25(38-42-16)24-12-18-11-21(30)4-7-23(18)39(24)22-5-2-17(3-6-22)13-35-27(41)28(8-9-28)37-26(40)19-10-20(15-34-14-19)29(31,32)33;1-11-21-18(22-24-11)17-9-13-8-14(19)4-7-16(13)23(17)15-5-2-12(10-20)3-6-15/h2-7,10-12,14-15H,8-9,13H2,1H3,(H,35,41)(H,37,40);2-9H,10,20H2,1H3. The fourth-order valence-electron chi connectivity index (χ4n) is 7.50. The molecule has 9 aromatic rings. The summed E-state index contributed by atoms with van der Waals surface area (Å²) in [5.41, 5.74) is 10.4. The molecule has 0 unspecified atom stereocenters. The summed E-state index contributed by atoms with van der Waals surface area (Å²) in [6, 6.07) is 31.6. The lowest BCUT2D eigenvalue weighted by Crippen LogP contribution is -2.48. The van der Waals surface area contributed by atoms with Crippen molar-refractivity contribution in [2.75, 3.05) is 0 Å². The molecule has 5 aromatic heterocycles. The number of carbonyl (C=O) groups is 2. The number of halogens is 5. The maximum atomic E-state index is 13.0. The van der Waals surface area contributed by atoms with Gasteiger partial charge in [0.2, 0.25) is 29.3 Å². The van der Waals surface area contributed by atoms with Crippen LogP contribution >= 0.6 is 23.2 Å². The second-order valence-corrected chi connectivity index (χ2v) is 16.5. The molecule has 4 aromatic carbocycles. The second kappa shape index (κ2) is 17.6. The molecular weight excluding hydrogens is 896 g/mol. The molecule has 0 spiro atoms. The quantitative estimate of drug-likeness (QED) is 0.119. The Morgan fingerprint density at radius 2 is 1.24 bits per heavy atom. The summed E-state index contributed by atoms with van der Waals surface area (Å²) in [6.07, 6.45) is -2.21. The van der Waals surface area contributed by atoms with E-state index in [1.807, 2.05) is 95.6 Å². The van der Waals surface area contributed by atoms with E-state index >= 15 is 0 Å². The predicted molar refractivity (Wildman–Crippen MR) is 241 cm³/mol. The Balaban J connectivity index is 0.000000192. The Morgan fingerprint density at radius 1 is 0.727 bits per heavy atom. The first kappa shape index (κ1) is 43.9. The molecule has 4 N–H and O–H groups in total. The number of carbonyl (C=O) groups excluding carboxylic acids is 2. The van der Waals surface area contributed by atoms with Crippen molar-refractivity contribution in [3.63, 3.8) is 0 Å². The number of aryl methyl sites for hydroxylation is 2. The van der Waals surface area contributed by atoms with E-state index in [1.54, 1.807) is 19.9 Å². The van der Waals surface area contributed by atoms with Gasteiger partial charge in [0.25, 0.3) is 5.91 Å². The van der Waals surface area contributed by atoms with Crippen LogP contribution in [0.25, 0.3) is 56.2 Å². The smallest absolute Gasteiger partial charge is 0.350 e. The van der Waals surface area contributed by atoms with Crippen molar-refractivity contribution in [1.29, 1.82) is 0 Å². The average molecular weight is 934 g/mol. The molecule has 14 nitrogen and oxygen atoms in total. The molecule has 0 saturated heterocycles. The normalized spacial score (nSPS) is 13.1. The molecular formula is C47H37Cl2F3N10O4. The summed E-state index contributed by atoms with van der Waals surface area (Å²) in [7, 11) is 0. The molecule has 2 amide bonds. The summed E-state index contributed by atoms with van der Waals surface area (Å²) < 4.78 is 53.4. The number of rotatable bonds is 10.